The predicted octanol–water partition coefficient (Wildman–Crippen LogP) is 7.35. The molecule has 0 saturated carbocycles. The van der Waals surface area contributed by atoms with Crippen molar-refractivity contribution in [2.24, 2.45) is 0 Å². The number of amides is 1. The number of hydrogen-bond donors (Lipinski definition) is 1. The molecule has 0 aromatic heterocycles. The number of aryl methyl sites for hydroxylation is 2. The molecule has 0 spiro atoms. The summed E-state index contributed by atoms with van der Waals surface area (Å²) in [5, 5.41) is 2.99. The summed E-state index contributed by atoms with van der Waals surface area (Å²) >= 11 is 1.76. The summed E-state index contributed by atoms with van der Waals surface area (Å²) in [5.41, 5.74) is 4.43. The summed E-state index contributed by atoms with van der Waals surface area (Å²) < 4.78 is 5.48. The Hall–Kier alpha value is -1.94. The fourth-order valence-electron chi connectivity index (χ4n) is 2.98. The lowest BCUT2D eigenvalue weighted by Gasteiger charge is -2.16. The number of methoxy groups -OCH3 is 1. The SMILES string of the molecule is CC.CCCC(=O)Nc1cc(C)c(Sc2ccc(OC)c(C(C)C)c2)c(C)c1. The van der Waals surface area contributed by atoms with Gasteiger partial charge in [0.15, 0.2) is 0 Å². The molecule has 0 fully saturated rings. The first-order chi connectivity index (χ1) is 13.3. The molecule has 0 aliphatic heterocycles. The van der Waals surface area contributed by atoms with E-state index in [2.05, 4.69) is 57.3 Å². The molecule has 0 aliphatic carbocycles. The molecule has 0 unspecified atom stereocenters. The lowest BCUT2D eigenvalue weighted by molar-refractivity contribution is -0.116. The van der Waals surface area contributed by atoms with Crippen molar-refractivity contribution in [3.05, 3.63) is 47.0 Å². The average Bonchev–Trinajstić information content (AvgIpc) is 2.66. The third-order valence-corrected chi connectivity index (χ3v) is 5.60. The van der Waals surface area contributed by atoms with Crippen LogP contribution in [0, 0.1) is 13.8 Å². The van der Waals surface area contributed by atoms with Gasteiger partial charge < -0.3 is 10.1 Å². The molecular formula is C24H35NO2S. The van der Waals surface area contributed by atoms with Gasteiger partial charge in [-0.3, -0.25) is 4.79 Å². The van der Waals surface area contributed by atoms with Crippen LogP contribution in [0.4, 0.5) is 5.69 Å². The lowest BCUT2D eigenvalue weighted by atomic mass is 10.0. The molecular weight excluding hydrogens is 366 g/mol. The minimum absolute atomic E-state index is 0.0726. The Morgan fingerprint density at radius 2 is 1.71 bits per heavy atom. The van der Waals surface area contributed by atoms with Gasteiger partial charge in [-0.15, -0.1) is 0 Å². The number of anilines is 1. The molecule has 28 heavy (non-hydrogen) atoms. The van der Waals surface area contributed by atoms with Gasteiger partial charge in [0.1, 0.15) is 5.75 Å². The Balaban J connectivity index is 0.00000190. The molecule has 2 rings (SSSR count). The second-order valence-electron chi connectivity index (χ2n) is 6.90. The van der Waals surface area contributed by atoms with Crippen molar-refractivity contribution in [2.45, 2.75) is 77.0 Å². The standard InChI is InChI=1S/C22H29NO2S.C2H6/c1-7-8-21(24)23-17-11-15(4)22(16(5)12-17)26-18-9-10-20(25-6)19(13-18)14(2)3;1-2/h9-14H,7-8H2,1-6H3,(H,23,24);1-2H3. The zero-order valence-corrected chi connectivity index (χ0v) is 19.4. The van der Waals surface area contributed by atoms with E-state index in [0.29, 0.717) is 12.3 Å². The van der Waals surface area contributed by atoms with E-state index in [-0.39, 0.29) is 5.91 Å². The zero-order valence-electron chi connectivity index (χ0n) is 18.6. The van der Waals surface area contributed by atoms with E-state index in [1.807, 2.05) is 26.8 Å². The largest absolute Gasteiger partial charge is 0.496 e. The molecule has 0 aliphatic rings. The average molecular weight is 402 g/mol. The van der Waals surface area contributed by atoms with E-state index in [1.54, 1.807) is 18.9 Å². The molecule has 3 nitrogen and oxygen atoms in total. The fraction of sp³-hybridized carbons (Fsp3) is 0.458. The Morgan fingerprint density at radius 1 is 1.11 bits per heavy atom. The summed E-state index contributed by atoms with van der Waals surface area (Å²) in [6, 6.07) is 10.5. The van der Waals surface area contributed by atoms with Crippen LogP contribution in [0.1, 0.15) is 70.1 Å². The van der Waals surface area contributed by atoms with Crippen molar-refractivity contribution in [3.8, 4) is 5.75 Å². The highest BCUT2D eigenvalue weighted by Crippen LogP contribution is 2.38. The Kier molecular flexibility index (Phi) is 10.2. The van der Waals surface area contributed by atoms with Gasteiger partial charge >= 0.3 is 0 Å². The molecule has 2 aromatic carbocycles. The maximum Gasteiger partial charge on any atom is 0.224 e. The van der Waals surface area contributed by atoms with Crippen molar-refractivity contribution < 1.29 is 9.53 Å². The van der Waals surface area contributed by atoms with Crippen molar-refractivity contribution in [3.63, 3.8) is 0 Å². The van der Waals surface area contributed by atoms with Gasteiger partial charge in [-0.05, 0) is 73.2 Å². The number of hydrogen-bond acceptors (Lipinski definition) is 3. The first kappa shape index (κ1) is 24.1. The van der Waals surface area contributed by atoms with Crippen molar-refractivity contribution in [1.29, 1.82) is 0 Å². The van der Waals surface area contributed by atoms with Gasteiger partial charge in [-0.1, -0.05) is 46.4 Å². The summed E-state index contributed by atoms with van der Waals surface area (Å²) in [7, 11) is 1.72. The zero-order chi connectivity index (χ0) is 21.3. The summed E-state index contributed by atoms with van der Waals surface area (Å²) in [6.07, 6.45) is 1.41. The monoisotopic (exact) mass is 401 g/mol. The van der Waals surface area contributed by atoms with Crippen LogP contribution in [0.3, 0.4) is 0 Å². The molecule has 1 N–H and O–H groups in total. The minimum atomic E-state index is 0.0726. The molecule has 0 atom stereocenters. The summed E-state index contributed by atoms with van der Waals surface area (Å²) in [6.45, 7) is 14.6. The summed E-state index contributed by atoms with van der Waals surface area (Å²) in [5.74, 6) is 1.42. The quantitative estimate of drug-likeness (QED) is 0.527. The van der Waals surface area contributed by atoms with Gasteiger partial charge in [0.05, 0.1) is 7.11 Å². The molecule has 0 radical (unpaired) electrons. The highest BCUT2D eigenvalue weighted by molar-refractivity contribution is 7.99. The second kappa shape index (κ2) is 11.8. The number of carbonyl (C=O) groups excluding carboxylic acids is 1. The number of ether oxygens (including phenoxy) is 1. The van der Waals surface area contributed by atoms with Crippen LogP contribution in [-0.2, 0) is 4.79 Å². The molecule has 0 heterocycles. The molecule has 1 amide bonds. The Morgan fingerprint density at radius 3 is 2.21 bits per heavy atom. The van der Waals surface area contributed by atoms with E-state index in [9.17, 15) is 4.79 Å². The smallest absolute Gasteiger partial charge is 0.224 e. The van der Waals surface area contributed by atoms with Crippen LogP contribution in [0.2, 0.25) is 0 Å². The number of nitrogens with one attached hydrogen (secondary N) is 1. The third-order valence-electron chi connectivity index (χ3n) is 4.26. The van der Waals surface area contributed by atoms with E-state index in [0.717, 1.165) is 17.9 Å². The van der Waals surface area contributed by atoms with Gasteiger partial charge in [-0.2, -0.15) is 0 Å². The van der Waals surface area contributed by atoms with Crippen LogP contribution in [0.15, 0.2) is 40.1 Å². The molecule has 0 saturated heterocycles. The van der Waals surface area contributed by atoms with E-state index >= 15 is 0 Å². The predicted molar refractivity (Wildman–Crippen MR) is 122 cm³/mol. The minimum Gasteiger partial charge on any atom is -0.496 e. The van der Waals surface area contributed by atoms with Crippen LogP contribution in [-0.4, -0.2) is 13.0 Å². The van der Waals surface area contributed by atoms with Gasteiger partial charge in [0, 0.05) is 21.9 Å². The molecule has 4 heteroatoms. The lowest BCUT2D eigenvalue weighted by Crippen LogP contribution is -2.11. The highest BCUT2D eigenvalue weighted by Gasteiger charge is 2.12. The first-order valence-electron chi connectivity index (χ1n) is 10.1. The summed E-state index contributed by atoms with van der Waals surface area (Å²) in [4.78, 5) is 14.3. The van der Waals surface area contributed by atoms with Crippen LogP contribution < -0.4 is 10.1 Å². The highest BCUT2D eigenvalue weighted by atomic mass is 32.2. The van der Waals surface area contributed by atoms with E-state index in [1.165, 1.54) is 26.5 Å². The van der Waals surface area contributed by atoms with E-state index in [4.69, 9.17) is 4.74 Å². The van der Waals surface area contributed by atoms with Crippen LogP contribution >= 0.6 is 11.8 Å². The van der Waals surface area contributed by atoms with Crippen molar-refractivity contribution in [1.82, 2.24) is 0 Å². The Labute approximate surface area is 175 Å². The molecule has 154 valence electrons. The van der Waals surface area contributed by atoms with E-state index < -0.39 is 0 Å². The molecule has 2 aromatic rings. The fourth-order valence-corrected chi connectivity index (χ4v) is 3.98. The second-order valence-corrected chi connectivity index (χ2v) is 7.98. The third kappa shape index (κ3) is 6.59. The number of carbonyl (C=O) groups is 1. The molecule has 0 bridgehead atoms. The van der Waals surface area contributed by atoms with Crippen LogP contribution in [0.5, 0.6) is 5.75 Å². The maximum atomic E-state index is 11.8. The normalized spacial score (nSPS) is 10.3. The van der Waals surface area contributed by atoms with Crippen LogP contribution in [0.25, 0.3) is 0 Å². The van der Waals surface area contributed by atoms with Crippen molar-refractivity contribution >= 4 is 23.4 Å². The Bertz CT molecular complexity index is 761. The van der Waals surface area contributed by atoms with Gasteiger partial charge in [0.2, 0.25) is 5.91 Å². The maximum absolute atomic E-state index is 11.8. The van der Waals surface area contributed by atoms with Crippen molar-refractivity contribution in [2.75, 3.05) is 12.4 Å². The first-order valence-corrected chi connectivity index (χ1v) is 10.9. The van der Waals surface area contributed by atoms with Gasteiger partial charge in [-0.25, -0.2) is 0 Å². The number of rotatable bonds is 7. The topological polar surface area (TPSA) is 38.3 Å². The van der Waals surface area contributed by atoms with Gasteiger partial charge in [0.25, 0.3) is 0 Å². The number of benzene rings is 2.